The predicted octanol–water partition coefficient (Wildman–Crippen LogP) is 5.94. The molecule has 2 fully saturated rings. The zero-order valence-corrected chi connectivity index (χ0v) is 18.2. The van der Waals surface area contributed by atoms with Gasteiger partial charge in [0.25, 0.3) is 0 Å². The minimum Gasteiger partial charge on any atom is -0.390 e. The minimum absolute atomic E-state index is 0.196. The van der Waals surface area contributed by atoms with E-state index in [0.29, 0.717) is 33.9 Å². The molecule has 1 nitrogen and oxygen atoms in total. The Labute approximate surface area is 158 Å². The monoisotopic (exact) mass is 446 g/mol. The summed E-state index contributed by atoms with van der Waals surface area (Å²) < 4.78 is 0. The highest BCUT2D eigenvalue weighted by Crippen LogP contribution is 2.67. The first-order valence-corrected chi connectivity index (χ1v) is 11.3. The van der Waals surface area contributed by atoms with Crippen molar-refractivity contribution in [3.63, 3.8) is 0 Å². The van der Waals surface area contributed by atoms with E-state index in [1.54, 1.807) is 0 Å². The van der Waals surface area contributed by atoms with Gasteiger partial charge in [-0.15, -0.1) is 0 Å². The van der Waals surface area contributed by atoms with E-state index in [0.717, 1.165) is 18.2 Å². The van der Waals surface area contributed by atoms with Crippen molar-refractivity contribution in [3.05, 3.63) is 12.2 Å². The van der Waals surface area contributed by atoms with Gasteiger partial charge in [-0.05, 0) is 67.6 Å². The van der Waals surface area contributed by atoms with Crippen molar-refractivity contribution in [3.8, 4) is 0 Å². The van der Waals surface area contributed by atoms with Gasteiger partial charge in [-0.1, -0.05) is 64.8 Å². The first-order chi connectivity index (χ1) is 10.7. The van der Waals surface area contributed by atoms with Crippen molar-refractivity contribution in [1.82, 2.24) is 0 Å². The molecule has 132 valence electrons. The summed E-state index contributed by atoms with van der Waals surface area (Å²) in [4.78, 5) is 0.529. The number of aliphatic hydroxyl groups is 1. The van der Waals surface area contributed by atoms with Crippen molar-refractivity contribution < 1.29 is 5.11 Å². The molecule has 3 aliphatic carbocycles. The van der Waals surface area contributed by atoms with Gasteiger partial charge in [0.05, 0.1) is 5.60 Å². The summed E-state index contributed by atoms with van der Waals surface area (Å²) in [5, 5.41) is 12.4. The van der Waals surface area contributed by atoms with Crippen molar-refractivity contribution in [1.29, 1.82) is 0 Å². The fourth-order valence-corrected chi connectivity index (χ4v) is 8.26. The van der Waals surface area contributed by atoms with E-state index in [2.05, 4.69) is 71.7 Å². The van der Waals surface area contributed by atoms with Crippen LogP contribution in [-0.4, -0.2) is 20.9 Å². The minimum atomic E-state index is -0.555. The van der Waals surface area contributed by atoms with Crippen LogP contribution in [0.3, 0.4) is 0 Å². The van der Waals surface area contributed by atoms with Crippen LogP contribution in [0.15, 0.2) is 12.2 Å². The maximum absolute atomic E-state index is 11.4. The second-order valence-electron chi connectivity index (χ2n) is 9.25. The van der Waals surface area contributed by atoms with Gasteiger partial charge in [-0.25, -0.2) is 0 Å². The molecule has 0 radical (unpaired) electrons. The quantitative estimate of drug-likeness (QED) is 0.410. The molecule has 0 aromatic rings. The lowest BCUT2D eigenvalue weighted by molar-refractivity contribution is -0.171. The van der Waals surface area contributed by atoms with Gasteiger partial charge in [0, 0.05) is 16.1 Å². The lowest BCUT2D eigenvalue weighted by atomic mass is 9.42. The van der Waals surface area contributed by atoms with Gasteiger partial charge in [0.2, 0.25) is 0 Å². The fourth-order valence-electron chi connectivity index (χ4n) is 6.45. The van der Waals surface area contributed by atoms with Crippen LogP contribution in [0.1, 0.15) is 59.8 Å². The number of halogens is 2. The Morgan fingerprint density at radius 3 is 2.52 bits per heavy atom. The van der Waals surface area contributed by atoms with E-state index in [4.69, 9.17) is 0 Å². The van der Waals surface area contributed by atoms with E-state index in [9.17, 15) is 5.11 Å². The molecule has 3 rings (SSSR count). The summed E-state index contributed by atoms with van der Waals surface area (Å²) >= 11 is 7.90. The summed E-state index contributed by atoms with van der Waals surface area (Å²) in [5.41, 5.74) is -0.0524. The number of allylic oxidation sites excluding steroid dienone is 2. The highest BCUT2D eigenvalue weighted by atomic mass is 79.9. The molecule has 0 amide bonds. The van der Waals surface area contributed by atoms with Gasteiger partial charge in [0.15, 0.2) is 0 Å². The Hall–Kier alpha value is 0.660. The molecule has 7 unspecified atom stereocenters. The third-order valence-corrected chi connectivity index (χ3v) is 10.2. The number of hydrogen-bond acceptors (Lipinski definition) is 1. The Morgan fingerprint density at radius 2 is 1.91 bits per heavy atom. The van der Waals surface area contributed by atoms with Gasteiger partial charge >= 0.3 is 0 Å². The maximum Gasteiger partial charge on any atom is 0.0659 e. The Kier molecular flexibility index (Phi) is 4.91. The van der Waals surface area contributed by atoms with Gasteiger partial charge in [0.1, 0.15) is 0 Å². The van der Waals surface area contributed by atoms with E-state index in [1.807, 2.05) is 0 Å². The highest BCUT2D eigenvalue weighted by Gasteiger charge is 2.63. The van der Waals surface area contributed by atoms with Crippen molar-refractivity contribution >= 4 is 31.9 Å². The van der Waals surface area contributed by atoms with Crippen LogP contribution < -0.4 is 0 Å². The summed E-state index contributed by atoms with van der Waals surface area (Å²) in [6, 6.07) is 0. The highest BCUT2D eigenvalue weighted by molar-refractivity contribution is 9.09. The SMILES string of the molecule is CC(C)C1CC=CC2C3C(C)(O)CCC(Br)C3(C)CCC21CBr. The topological polar surface area (TPSA) is 20.2 Å². The van der Waals surface area contributed by atoms with Crippen LogP contribution in [-0.2, 0) is 0 Å². The number of fused-ring (bicyclic) bond motifs is 3. The third-order valence-electron chi connectivity index (χ3n) is 7.68. The molecule has 1 N–H and O–H groups in total. The molecule has 2 saturated carbocycles. The molecule has 7 atom stereocenters. The zero-order valence-electron chi connectivity index (χ0n) is 15.0. The molecule has 0 aromatic heterocycles. The van der Waals surface area contributed by atoms with Crippen molar-refractivity contribution in [2.75, 3.05) is 5.33 Å². The smallest absolute Gasteiger partial charge is 0.0659 e. The average Bonchev–Trinajstić information content (AvgIpc) is 2.50. The predicted molar refractivity (Wildman–Crippen MR) is 105 cm³/mol. The van der Waals surface area contributed by atoms with Gasteiger partial charge in [-0.2, -0.15) is 0 Å². The Bertz CT molecular complexity index is 486. The van der Waals surface area contributed by atoms with Crippen molar-refractivity contribution in [2.45, 2.75) is 70.2 Å². The lowest BCUT2D eigenvalue weighted by Gasteiger charge is -2.65. The van der Waals surface area contributed by atoms with Gasteiger partial charge < -0.3 is 5.11 Å². The molecule has 0 aromatic carbocycles. The Balaban J connectivity index is 2.10. The normalized spacial score (nSPS) is 53.0. The van der Waals surface area contributed by atoms with Crippen LogP contribution in [0.4, 0.5) is 0 Å². The van der Waals surface area contributed by atoms with Crippen LogP contribution in [0, 0.1) is 34.5 Å². The van der Waals surface area contributed by atoms with Gasteiger partial charge in [-0.3, -0.25) is 0 Å². The standard InChI is InChI=1S/C20H32Br2O/c1-13(2)14-6-5-7-15-17-18(3,10-11-20(14,15)12-21)16(22)8-9-19(17,4)23/h5,7,13-17,23H,6,8-12H2,1-4H3. The molecule has 0 heterocycles. The summed E-state index contributed by atoms with van der Waals surface area (Å²) in [5.74, 6) is 2.24. The molecular weight excluding hydrogens is 416 g/mol. The van der Waals surface area contributed by atoms with E-state index < -0.39 is 5.60 Å². The summed E-state index contributed by atoms with van der Waals surface area (Å²) in [6.07, 6.45) is 10.6. The van der Waals surface area contributed by atoms with Crippen LogP contribution in [0.5, 0.6) is 0 Å². The largest absolute Gasteiger partial charge is 0.390 e. The summed E-state index contributed by atoms with van der Waals surface area (Å²) in [6.45, 7) is 9.29. The summed E-state index contributed by atoms with van der Waals surface area (Å²) in [7, 11) is 0. The number of rotatable bonds is 2. The first-order valence-electron chi connectivity index (χ1n) is 9.28. The van der Waals surface area contributed by atoms with Crippen LogP contribution in [0.2, 0.25) is 0 Å². The number of alkyl halides is 2. The van der Waals surface area contributed by atoms with Crippen LogP contribution >= 0.6 is 31.9 Å². The third kappa shape index (κ3) is 2.63. The van der Waals surface area contributed by atoms with E-state index in [-0.39, 0.29) is 5.41 Å². The molecular formula is C20H32Br2O. The van der Waals surface area contributed by atoms with E-state index >= 15 is 0 Å². The second kappa shape index (κ2) is 6.13. The van der Waals surface area contributed by atoms with E-state index in [1.165, 1.54) is 19.3 Å². The molecule has 0 bridgehead atoms. The zero-order chi connectivity index (χ0) is 17.0. The lowest BCUT2D eigenvalue weighted by Crippen LogP contribution is -2.64. The van der Waals surface area contributed by atoms with Crippen LogP contribution in [0.25, 0.3) is 0 Å². The van der Waals surface area contributed by atoms with Crippen molar-refractivity contribution in [2.24, 2.45) is 34.5 Å². The molecule has 3 heteroatoms. The fraction of sp³-hybridized carbons (Fsp3) is 0.900. The number of hydrogen-bond donors (Lipinski definition) is 1. The average molecular weight is 448 g/mol. The second-order valence-corrected chi connectivity index (χ2v) is 10.9. The maximum atomic E-state index is 11.4. The molecule has 0 aliphatic heterocycles. The molecule has 0 spiro atoms. The molecule has 3 aliphatic rings. The first kappa shape index (κ1) is 18.5. The molecule has 23 heavy (non-hydrogen) atoms. The molecule has 0 saturated heterocycles. The Morgan fingerprint density at radius 1 is 1.22 bits per heavy atom.